The molecule has 0 spiro atoms. The second-order valence-electron chi connectivity index (χ2n) is 5.52. The van der Waals surface area contributed by atoms with E-state index in [9.17, 15) is 9.59 Å². The number of hydrogen-bond acceptors (Lipinski definition) is 4. The highest BCUT2D eigenvalue weighted by molar-refractivity contribution is 5.91. The maximum atomic E-state index is 12.4. The predicted molar refractivity (Wildman–Crippen MR) is 86.3 cm³/mol. The van der Waals surface area contributed by atoms with Crippen molar-refractivity contribution in [3.63, 3.8) is 0 Å². The van der Waals surface area contributed by atoms with E-state index in [1.54, 1.807) is 11.0 Å². The molecule has 1 aliphatic heterocycles. The van der Waals surface area contributed by atoms with Gasteiger partial charge in [0, 0.05) is 31.9 Å². The molecule has 3 amide bonds. The first-order valence-electron chi connectivity index (χ1n) is 8.01. The van der Waals surface area contributed by atoms with Crippen LogP contribution in [-0.2, 0) is 0 Å². The lowest BCUT2D eigenvalue weighted by atomic mass is 10.1. The molecule has 1 atom stereocenters. The Hall–Kier alpha value is -2.31. The summed E-state index contributed by atoms with van der Waals surface area (Å²) in [5.74, 6) is -0.0339. The van der Waals surface area contributed by atoms with Crippen LogP contribution in [0, 0.1) is 0 Å². The van der Waals surface area contributed by atoms with E-state index in [0.717, 1.165) is 19.4 Å². The smallest absolute Gasteiger partial charge is 0.320 e. The lowest BCUT2D eigenvalue weighted by Crippen LogP contribution is -2.50. The SMILES string of the molecule is CCN(CC)C(=O)N1CCCC(Oc2ccnc(C(N)=O)c2)C1. The van der Waals surface area contributed by atoms with Crippen molar-refractivity contribution in [1.82, 2.24) is 14.8 Å². The fraction of sp³-hybridized carbons (Fsp3) is 0.562. The van der Waals surface area contributed by atoms with Crippen molar-refractivity contribution in [2.45, 2.75) is 32.8 Å². The first-order valence-corrected chi connectivity index (χ1v) is 8.01. The van der Waals surface area contributed by atoms with Gasteiger partial charge in [-0.2, -0.15) is 0 Å². The van der Waals surface area contributed by atoms with Gasteiger partial charge in [0.15, 0.2) is 0 Å². The number of nitrogens with two attached hydrogens (primary N) is 1. The second kappa shape index (κ2) is 7.80. The molecule has 0 radical (unpaired) electrons. The van der Waals surface area contributed by atoms with E-state index in [1.165, 1.54) is 12.3 Å². The third-order valence-electron chi connectivity index (χ3n) is 3.97. The molecule has 1 aliphatic rings. The molecule has 7 heteroatoms. The van der Waals surface area contributed by atoms with Gasteiger partial charge in [0.25, 0.3) is 5.91 Å². The summed E-state index contributed by atoms with van der Waals surface area (Å²) in [6.45, 7) is 6.64. The molecule has 23 heavy (non-hydrogen) atoms. The largest absolute Gasteiger partial charge is 0.488 e. The Balaban J connectivity index is 2.00. The van der Waals surface area contributed by atoms with E-state index in [1.807, 2.05) is 18.7 Å². The minimum absolute atomic E-state index is 0.0517. The number of nitrogens with zero attached hydrogens (tertiary/aromatic N) is 3. The van der Waals surface area contributed by atoms with Gasteiger partial charge in [-0.1, -0.05) is 0 Å². The first kappa shape index (κ1) is 17.1. The molecule has 126 valence electrons. The number of aromatic nitrogens is 1. The molecule has 0 saturated carbocycles. The zero-order chi connectivity index (χ0) is 16.8. The summed E-state index contributed by atoms with van der Waals surface area (Å²) in [5.41, 5.74) is 5.40. The molecule has 0 aliphatic carbocycles. The van der Waals surface area contributed by atoms with Gasteiger partial charge in [-0.3, -0.25) is 9.78 Å². The average molecular weight is 320 g/mol. The average Bonchev–Trinajstić information content (AvgIpc) is 2.56. The highest BCUT2D eigenvalue weighted by atomic mass is 16.5. The van der Waals surface area contributed by atoms with Crippen LogP contribution in [0.25, 0.3) is 0 Å². The standard InChI is InChI=1S/C16H24N4O3/c1-3-19(4-2)16(22)20-9-5-6-13(11-20)23-12-7-8-18-14(10-12)15(17)21/h7-8,10,13H,3-6,9,11H2,1-2H3,(H2,17,21). The molecule has 1 saturated heterocycles. The molecule has 2 N–H and O–H groups in total. The molecule has 0 bridgehead atoms. The van der Waals surface area contributed by atoms with Gasteiger partial charge < -0.3 is 20.3 Å². The number of carbonyl (C=O) groups excluding carboxylic acids is 2. The topological polar surface area (TPSA) is 88.8 Å². The minimum atomic E-state index is -0.586. The third-order valence-corrected chi connectivity index (χ3v) is 3.97. The summed E-state index contributed by atoms with van der Waals surface area (Å²) in [6.07, 6.45) is 3.17. The number of urea groups is 1. The monoisotopic (exact) mass is 320 g/mol. The summed E-state index contributed by atoms with van der Waals surface area (Å²) in [5, 5.41) is 0. The van der Waals surface area contributed by atoms with Crippen molar-refractivity contribution in [3.8, 4) is 5.75 Å². The molecule has 1 unspecified atom stereocenters. The number of carbonyl (C=O) groups is 2. The number of amides is 3. The molecule has 0 aromatic carbocycles. The van der Waals surface area contributed by atoms with Crippen LogP contribution in [0.15, 0.2) is 18.3 Å². The van der Waals surface area contributed by atoms with Gasteiger partial charge in [0.2, 0.25) is 0 Å². The van der Waals surface area contributed by atoms with Crippen LogP contribution in [-0.4, -0.2) is 59.0 Å². The van der Waals surface area contributed by atoms with Crippen LogP contribution < -0.4 is 10.5 Å². The highest BCUT2D eigenvalue weighted by Crippen LogP contribution is 2.19. The Kier molecular flexibility index (Phi) is 5.78. The maximum Gasteiger partial charge on any atom is 0.320 e. The molecule has 1 aromatic heterocycles. The van der Waals surface area contributed by atoms with E-state index in [0.29, 0.717) is 25.4 Å². The second-order valence-corrected chi connectivity index (χ2v) is 5.52. The van der Waals surface area contributed by atoms with E-state index in [2.05, 4.69) is 4.98 Å². The summed E-state index contributed by atoms with van der Waals surface area (Å²) in [6, 6.07) is 3.28. The number of primary amides is 1. The van der Waals surface area contributed by atoms with Gasteiger partial charge >= 0.3 is 6.03 Å². The molecule has 2 rings (SSSR count). The fourth-order valence-corrected chi connectivity index (χ4v) is 2.71. The van der Waals surface area contributed by atoms with Gasteiger partial charge in [-0.15, -0.1) is 0 Å². The Morgan fingerprint density at radius 2 is 2.17 bits per heavy atom. The van der Waals surface area contributed by atoms with Crippen LogP contribution in [0.2, 0.25) is 0 Å². The van der Waals surface area contributed by atoms with Crippen LogP contribution in [0.1, 0.15) is 37.2 Å². The molecule has 1 fully saturated rings. The summed E-state index contributed by atoms with van der Waals surface area (Å²) in [7, 11) is 0. The predicted octanol–water partition coefficient (Wildman–Crippen LogP) is 1.49. The van der Waals surface area contributed by atoms with Gasteiger partial charge in [0.05, 0.1) is 6.54 Å². The minimum Gasteiger partial charge on any atom is -0.488 e. The highest BCUT2D eigenvalue weighted by Gasteiger charge is 2.27. The fourth-order valence-electron chi connectivity index (χ4n) is 2.71. The van der Waals surface area contributed by atoms with Crippen LogP contribution in [0.5, 0.6) is 5.75 Å². The Morgan fingerprint density at radius 1 is 1.43 bits per heavy atom. The maximum absolute atomic E-state index is 12.4. The van der Waals surface area contributed by atoms with E-state index in [-0.39, 0.29) is 17.8 Å². The quantitative estimate of drug-likeness (QED) is 0.890. The number of ether oxygens (including phenoxy) is 1. The van der Waals surface area contributed by atoms with Gasteiger partial charge in [0.1, 0.15) is 17.5 Å². The van der Waals surface area contributed by atoms with Crippen LogP contribution >= 0.6 is 0 Å². The molecule has 2 heterocycles. The normalized spacial score (nSPS) is 17.7. The molecule has 1 aromatic rings. The van der Waals surface area contributed by atoms with E-state index in [4.69, 9.17) is 10.5 Å². The van der Waals surface area contributed by atoms with Crippen LogP contribution in [0.4, 0.5) is 4.79 Å². The lowest BCUT2D eigenvalue weighted by Gasteiger charge is -2.35. The number of pyridine rings is 1. The van der Waals surface area contributed by atoms with Crippen LogP contribution in [0.3, 0.4) is 0 Å². The molecule has 7 nitrogen and oxygen atoms in total. The zero-order valence-corrected chi connectivity index (χ0v) is 13.7. The zero-order valence-electron chi connectivity index (χ0n) is 13.7. The van der Waals surface area contributed by atoms with Gasteiger partial charge in [-0.05, 0) is 32.8 Å². The Bertz CT molecular complexity index is 560. The lowest BCUT2D eigenvalue weighted by molar-refractivity contribution is 0.0861. The van der Waals surface area contributed by atoms with Crippen molar-refractivity contribution < 1.29 is 14.3 Å². The number of piperidine rings is 1. The summed E-state index contributed by atoms with van der Waals surface area (Å²) in [4.78, 5) is 31.1. The Labute approximate surface area is 136 Å². The van der Waals surface area contributed by atoms with E-state index >= 15 is 0 Å². The number of rotatable bonds is 5. The summed E-state index contributed by atoms with van der Waals surface area (Å²) < 4.78 is 5.91. The van der Waals surface area contributed by atoms with Crippen molar-refractivity contribution in [2.24, 2.45) is 5.73 Å². The number of likely N-dealkylation sites (tertiary alicyclic amines) is 1. The first-order chi connectivity index (χ1) is 11.0. The Morgan fingerprint density at radius 3 is 2.83 bits per heavy atom. The van der Waals surface area contributed by atoms with Crippen molar-refractivity contribution in [2.75, 3.05) is 26.2 Å². The van der Waals surface area contributed by atoms with Gasteiger partial charge in [-0.25, -0.2) is 4.79 Å². The van der Waals surface area contributed by atoms with Crippen molar-refractivity contribution in [3.05, 3.63) is 24.0 Å². The summed E-state index contributed by atoms with van der Waals surface area (Å²) >= 11 is 0. The third kappa shape index (κ3) is 4.34. The molecular formula is C16H24N4O3. The van der Waals surface area contributed by atoms with Crippen molar-refractivity contribution >= 4 is 11.9 Å². The van der Waals surface area contributed by atoms with Crippen molar-refractivity contribution in [1.29, 1.82) is 0 Å². The number of hydrogen-bond donors (Lipinski definition) is 1. The molecular weight excluding hydrogens is 296 g/mol. The van der Waals surface area contributed by atoms with E-state index < -0.39 is 5.91 Å².